The molecule has 0 aliphatic carbocycles. The summed E-state index contributed by atoms with van der Waals surface area (Å²) < 4.78 is 36.5. The third kappa shape index (κ3) is 5.00. The minimum atomic E-state index is -3.74. The Morgan fingerprint density at radius 3 is 2.59 bits per heavy atom. The van der Waals surface area contributed by atoms with E-state index < -0.39 is 10.0 Å². The number of piperidine rings is 2. The van der Waals surface area contributed by atoms with E-state index >= 15 is 0 Å². The van der Waals surface area contributed by atoms with Crippen LogP contribution in [-0.2, 0) is 21.4 Å². The van der Waals surface area contributed by atoms with Gasteiger partial charge in [0.25, 0.3) is 0 Å². The first-order valence-corrected chi connectivity index (χ1v) is 14.0. The molecule has 2 aromatic carbocycles. The molecule has 8 nitrogen and oxygen atoms in total. The molecule has 0 saturated carbocycles. The summed E-state index contributed by atoms with van der Waals surface area (Å²) in [7, 11) is -3.74. The molecule has 180 valence electrons. The number of hydrogen-bond acceptors (Lipinski definition) is 7. The van der Waals surface area contributed by atoms with Crippen molar-refractivity contribution < 1.29 is 13.2 Å². The van der Waals surface area contributed by atoms with Crippen LogP contribution >= 0.6 is 11.7 Å². The quantitative estimate of drug-likeness (QED) is 0.560. The number of hydrogen-bond donors (Lipinski definition) is 1. The maximum atomic E-state index is 13.4. The highest BCUT2D eigenvalue weighted by molar-refractivity contribution is 7.89. The van der Waals surface area contributed by atoms with Crippen LogP contribution in [0.1, 0.15) is 31.2 Å². The van der Waals surface area contributed by atoms with Crippen LogP contribution in [0.4, 0.5) is 0 Å². The van der Waals surface area contributed by atoms with Crippen LogP contribution in [0.3, 0.4) is 0 Å². The molecule has 0 radical (unpaired) electrons. The fraction of sp³-hybridized carbons (Fsp3) is 0.458. The summed E-state index contributed by atoms with van der Waals surface area (Å²) in [4.78, 5) is 15.6. The third-order valence-corrected chi connectivity index (χ3v) is 9.24. The van der Waals surface area contributed by atoms with Gasteiger partial charge in [-0.05, 0) is 43.4 Å². The number of fused-ring (bicyclic) bond motifs is 1. The Kier molecular flexibility index (Phi) is 6.91. The van der Waals surface area contributed by atoms with Gasteiger partial charge in [0.05, 0.1) is 17.6 Å². The van der Waals surface area contributed by atoms with E-state index in [4.69, 9.17) is 0 Å². The van der Waals surface area contributed by atoms with Crippen molar-refractivity contribution in [3.63, 3.8) is 0 Å². The molecule has 3 heterocycles. The van der Waals surface area contributed by atoms with Crippen molar-refractivity contribution in [3.05, 3.63) is 54.1 Å². The number of sulfonamides is 1. The molecule has 1 aromatic heterocycles. The highest BCUT2D eigenvalue weighted by Gasteiger charge is 2.35. The topological polar surface area (TPSA) is 95.5 Å². The maximum absolute atomic E-state index is 13.4. The zero-order chi connectivity index (χ0) is 23.5. The lowest BCUT2D eigenvalue weighted by atomic mass is 9.97. The van der Waals surface area contributed by atoms with Crippen molar-refractivity contribution in [2.24, 2.45) is 5.92 Å². The summed E-state index contributed by atoms with van der Waals surface area (Å²) in [5.74, 6) is -0.367. The number of benzene rings is 2. The molecule has 2 saturated heterocycles. The maximum Gasteiger partial charge on any atom is 0.245 e. The molecular weight excluding hydrogens is 470 g/mol. The molecule has 0 spiro atoms. The second-order valence-electron chi connectivity index (χ2n) is 9.13. The van der Waals surface area contributed by atoms with Crippen LogP contribution in [0.25, 0.3) is 11.0 Å². The van der Waals surface area contributed by atoms with Crippen molar-refractivity contribution >= 4 is 38.7 Å². The van der Waals surface area contributed by atoms with E-state index in [1.165, 1.54) is 9.87 Å². The highest BCUT2D eigenvalue weighted by atomic mass is 32.2. The molecule has 0 bridgehead atoms. The van der Waals surface area contributed by atoms with E-state index in [1.807, 2.05) is 6.07 Å². The Bertz CT molecular complexity index is 1240. The molecule has 2 aliphatic heterocycles. The van der Waals surface area contributed by atoms with Gasteiger partial charge in [0.1, 0.15) is 15.9 Å². The Hall–Kier alpha value is -2.40. The van der Waals surface area contributed by atoms with E-state index in [0.717, 1.165) is 44.2 Å². The van der Waals surface area contributed by atoms with E-state index in [-0.39, 0.29) is 29.3 Å². The lowest BCUT2D eigenvalue weighted by Gasteiger charge is -2.35. The highest BCUT2D eigenvalue weighted by Crippen LogP contribution is 2.28. The number of rotatable bonds is 6. The van der Waals surface area contributed by atoms with E-state index in [0.29, 0.717) is 30.4 Å². The van der Waals surface area contributed by atoms with Crippen LogP contribution in [0.2, 0.25) is 0 Å². The van der Waals surface area contributed by atoms with Gasteiger partial charge in [-0.25, -0.2) is 8.42 Å². The number of carbonyl (C=O) groups is 1. The molecule has 34 heavy (non-hydrogen) atoms. The van der Waals surface area contributed by atoms with Crippen LogP contribution in [0.5, 0.6) is 0 Å². The molecule has 1 amide bonds. The zero-order valence-corrected chi connectivity index (χ0v) is 20.6. The second kappa shape index (κ2) is 10.1. The van der Waals surface area contributed by atoms with Gasteiger partial charge >= 0.3 is 0 Å². The van der Waals surface area contributed by atoms with Gasteiger partial charge in [-0.15, -0.1) is 0 Å². The normalized spacial score (nSPS) is 21.0. The molecule has 5 rings (SSSR count). The summed E-state index contributed by atoms with van der Waals surface area (Å²) in [6.45, 7) is 3.43. The largest absolute Gasteiger partial charge is 0.353 e. The van der Waals surface area contributed by atoms with Gasteiger partial charge in [-0.1, -0.05) is 36.4 Å². The number of nitrogens with one attached hydrogen (secondary N) is 1. The summed E-state index contributed by atoms with van der Waals surface area (Å²) in [6.07, 6.45) is 3.18. The molecule has 3 aromatic rings. The Labute approximate surface area is 204 Å². The van der Waals surface area contributed by atoms with Crippen LogP contribution in [-0.4, -0.2) is 64.5 Å². The fourth-order valence-corrected chi connectivity index (χ4v) is 7.18. The molecular formula is C24H29N5O3S2. The summed E-state index contributed by atoms with van der Waals surface area (Å²) >= 11 is 1.00. The number of likely N-dealkylation sites (tertiary alicyclic amines) is 1. The summed E-state index contributed by atoms with van der Waals surface area (Å²) in [5.41, 5.74) is 2.29. The van der Waals surface area contributed by atoms with Crippen molar-refractivity contribution in [3.8, 4) is 0 Å². The van der Waals surface area contributed by atoms with Gasteiger partial charge in [0.2, 0.25) is 15.9 Å². The fourth-order valence-electron chi connectivity index (χ4n) is 4.90. The molecule has 2 fully saturated rings. The molecule has 10 heteroatoms. The summed E-state index contributed by atoms with van der Waals surface area (Å²) in [6, 6.07) is 15.6. The minimum absolute atomic E-state index is 0.0325. The van der Waals surface area contributed by atoms with Gasteiger partial charge in [-0.3, -0.25) is 9.69 Å². The Morgan fingerprint density at radius 1 is 1.00 bits per heavy atom. The lowest BCUT2D eigenvalue weighted by molar-refractivity contribution is -0.127. The monoisotopic (exact) mass is 499 g/mol. The number of carbonyl (C=O) groups excluding carboxylic acids is 1. The van der Waals surface area contributed by atoms with Crippen molar-refractivity contribution in [2.75, 3.05) is 26.2 Å². The van der Waals surface area contributed by atoms with Crippen LogP contribution in [0, 0.1) is 5.92 Å². The van der Waals surface area contributed by atoms with Crippen LogP contribution in [0.15, 0.2) is 53.4 Å². The predicted octanol–water partition coefficient (Wildman–Crippen LogP) is 2.87. The van der Waals surface area contributed by atoms with E-state index in [9.17, 15) is 13.2 Å². The number of aromatic nitrogens is 2. The lowest BCUT2D eigenvalue weighted by Crippen LogP contribution is -2.50. The second-order valence-corrected chi connectivity index (χ2v) is 11.6. The Balaban J connectivity index is 1.17. The molecule has 1 atom stereocenters. The molecule has 1 N–H and O–H groups in total. The first-order valence-electron chi connectivity index (χ1n) is 11.8. The van der Waals surface area contributed by atoms with Crippen molar-refractivity contribution in [1.82, 2.24) is 23.3 Å². The first-order chi connectivity index (χ1) is 16.5. The Morgan fingerprint density at radius 2 is 1.79 bits per heavy atom. The summed E-state index contributed by atoms with van der Waals surface area (Å²) in [5, 5.41) is 3.20. The van der Waals surface area contributed by atoms with Crippen molar-refractivity contribution in [2.45, 2.75) is 43.2 Å². The van der Waals surface area contributed by atoms with Crippen LogP contribution < -0.4 is 5.32 Å². The van der Waals surface area contributed by atoms with E-state index in [1.54, 1.807) is 18.2 Å². The number of nitrogens with zero attached hydrogens (tertiary/aromatic N) is 4. The van der Waals surface area contributed by atoms with Gasteiger partial charge in [0.15, 0.2) is 0 Å². The van der Waals surface area contributed by atoms with Gasteiger partial charge in [0, 0.05) is 38.8 Å². The van der Waals surface area contributed by atoms with E-state index in [2.05, 4.69) is 43.2 Å². The average Bonchev–Trinajstić information content (AvgIpc) is 3.35. The van der Waals surface area contributed by atoms with Gasteiger partial charge < -0.3 is 5.32 Å². The van der Waals surface area contributed by atoms with Crippen molar-refractivity contribution in [1.29, 1.82) is 0 Å². The zero-order valence-electron chi connectivity index (χ0n) is 19.0. The van der Waals surface area contributed by atoms with Gasteiger partial charge in [-0.2, -0.15) is 13.1 Å². The first kappa shape index (κ1) is 23.3. The molecule has 1 unspecified atom stereocenters. The smallest absolute Gasteiger partial charge is 0.245 e. The SMILES string of the molecule is O=C(NC1CCN(Cc2ccccc2)CC1)C1CCCN(S(=O)(=O)c2cccc3nsnc23)C1. The predicted molar refractivity (Wildman–Crippen MR) is 132 cm³/mol. The average molecular weight is 500 g/mol. The minimum Gasteiger partial charge on any atom is -0.353 e. The standard InChI is InChI=1S/C24H29N5O3S2/c30-24(25-20-11-14-28(15-12-20)16-18-6-2-1-3-7-18)19-8-5-13-29(17-19)34(31,32)22-10-4-9-21-23(22)27-33-26-21/h1-4,6-7,9-10,19-20H,5,8,11-17H2,(H,25,30). The molecule has 2 aliphatic rings. The third-order valence-electron chi connectivity index (χ3n) is 6.80. The number of amides is 1.